The Morgan fingerprint density at radius 1 is 1.36 bits per heavy atom. The molecule has 2 aromatic rings. The van der Waals surface area contributed by atoms with Gasteiger partial charge in [0.15, 0.2) is 5.82 Å². The average molecular weight is 302 g/mol. The van der Waals surface area contributed by atoms with Crippen molar-refractivity contribution >= 4 is 5.91 Å². The molecule has 6 nitrogen and oxygen atoms in total. The SMILES string of the molecule is Cc1cc(-n2c(C)cc(C(=O)N3CCNC[C@H]3C)c2C)no1. The summed E-state index contributed by atoms with van der Waals surface area (Å²) in [4.78, 5) is 14.8. The Hall–Kier alpha value is -2.08. The number of hydrogen-bond donors (Lipinski definition) is 1. The number of aryl methyl sites for hydroxylation is 2. The van der Waals surface area contributed by atoms with Crippen LogP contribution in [-0.4, -0.2) is 46.2 Å². The van der Waals surface area contributed by atoms with Crippen LogP contribution in [0.5, 0.6) is 0 Å². The smallest absolute Gasteiger partial charge is 0.256 e. The molecule has 22 heavy (non-hydrogen) atoms. The zero-order valence-corrected chi connectivity index (χ0v) is 13.5. The van der Waals surface area contributed by atoms with Gasteiger partial charge in [0.25, 0.3) is 5.91 Å². The Morgan fingerprint density at radius 2 is 2.14 bits per heavy atom. The van der Waals surface area contributed by atoms with Crippen molar-refractivity contribution in [3.05, 3.63) is 34.8 Å². The van der Waals surface area contributed by atoms with E-state index in [1.54, 1.807) is 0 Å². The number of amides is 1. The second-order valence-corrected chi connectivity index (χ2v) is 5.97. The molecule has 1 N–H and O–H groups in total. The van der Waals surface area contributed by atoms with Gasteiger partial charge in [0.2, 0.25) is 0 Å². The van der Waals surface area contributed by atoms with Gasteiger partial charge in [-0.05, 0) is 33.8 Å². The summed E-state index contributed by atoms with van der Waals surface area (Å²) < 4.78 is 7.13. The van der Waals surface area contributed by atoms with Crippen molar-refractivity contribution < 1.29 is 9.32 Å². The standard InChI is InChI=1S/C16H22N4O2/c1-10-7-14(16(21)19-6-5-17-9-11(19)2)13(4)20(10)15-8-12(3)22-18-15/h7-8,11,17H,5-6,9H2,1-4H3/t11-/m1/s1. The molecule has 0 unspecified atom stereocenters. The highest BCUT2D eigenvalue weighted by atomic mass is 16.5. The molecule has 1 aliphatic heterocycles. The molecule has 0 radical (unpaired) electrons. The molecule has 0 aromatic carbocycles. The molecule has 0 aliphatic carbocycles. The second-order valence-electron chi connectivity index (χ2n) is 5.97. The number of nitrogens with one attached hydrogen (secondary N) is 1. The largest absolute Gasteiger partial charge is 0.360 e. The molecule has 3 rings (SSSR count). The molecule has 3 heterocycles. The Morgan fingerprint density at radius 3 is 2.77 bits per heavy atom. The molecule has 0 spiro atoms. The maximum Gasteiger partial charge on any atom is 0.256 e. The van der Waals surface area contributed by atoms with Gasteiger partial charge in [-0.2, -0.15) is 0 Å². The van der Waals surface area contributed by atoms with E-state index in [4.69, 9.17) is 4.52 Å². The molecular formula is C16H22N4O2. The zero-order chi connectivity index (χ0) is 15.9. The first-order valence-corrected chi connectivity index (χ1v) is 7.63. The molecule has 1 fully saturated rings. The normalized spacial score (nSPS) is 18.7. The predicted octanol–water partition coefficient (Wildman–Crippen LogP) is 1.82. The first-order chi connectivity index (χ1) is 10.5. The number of nitrogens with zero attached hydrogens (tertiary/aromatic N) is 3. The number of hydrogen-bond acceptors (Lipinski definition) is 4. The predicted molar refractivity (Wildman–Crippen MR) is 83.4 cm³/mol. The van der Waals surface area contributed by atoms with Gasteiger partial charge in [-0.1, -0.05) is 5.16 Å². The van der Waals surface area contributed by atoms with Crippen LogP contribution in [0.4, 0.5) is 0 Å². The zero-order valence-electron chi connectivity index (χ0n) is 13.5. The quantitative estimate of drug-likeness (QED) is 0.919. The van der Waals surface area contributed by atoms with Crippen molar-refractivity contribution in [2.45, 2.75) is 33.7 Å². The lowest BCUT2D eigenvalue weighted by atomic mass is 10.1. The van der Waals surface area contributed by atoms with Gasteiger partial charge in [0.05, 0.1) is 5.56 Å². The minimum atomic E-state index is 0.0913. The molecule has 118 valence electrons. The van der Waals surface area contributed by atoms with Crippen LogP contribution in [0, 0.1) is 20.8 Å². The minimum Gasteiger partial charge on any atom is -0.360 e. The first kappa shape index (κ1) is 14.8. The Balaban J connectivity index is 1.97. The number of rotatable bonds is 2. The average Bonchev–Trinajstić information content (AvgIpc) is 3.02. The molecule has 1 atom stereocenters. The number of aromatic nitrogens is 2. The number of carbonyl (C=O) groups excluding carboxylic acids is 1. The van der Waals surface area contributed by atoms with Gasteiger partial charge in [0.1, 0.15) is 5.76 Å². The van der Waals surface area contributed by atoms with Crippen LogP contribution < -0.4 is 5.32 Å². The summed E-state index contributed by atoms with van der Waals surface area (Å²) >= 11 is 0. The molecule has 1 aliphatic rings. The Bertz CT molecular complexity index is 701. The summed E-state index contributed by atoms with van der Waals surface area (Å²) in [6.45, 7) is 10.3. The lowest BCUT2D eigenvalue weighted by Crippen LogP contribution is -2.52. The maximum absolute atomic E-state index is 12.9. The van der Waals surface area contributed by atoms with Crippen LogP contribution >= 0.6 is 0 Å². The van der Waals surface area contributed by atoms with Crippen molar-refractivity contribution in [2.24, 2.45) is 0 Å². The molecule has 0 saturated carbocycles. The summed E-state index contributed by atoms with van der Waals surface area (Å²) in [6, 6.07) is 4.02. The minimum absolute atomic E-state index is 0.0913. The number of piperazine rings is 1. The van der Waals surface area contributed by atoms with Gasteiger partial charge in [-0.3, -0.25) is 9.36 Å². The fourth-order valence-corrected chi connectivity index (χ4v) is 3.09. The maximum atomic E-state index is 12.9. The topological polar surface area (TPSA) is 63.3 Å². The molecule has 2 aromatic heterocycles. The van der Waals surface area contributed by atoms with Crippen LogP contribution in [0.2, 0.25) is 0 Å². The van der Waals surface area contributed by atoms with E-state index in [0.29, 0.717) is 0 Å². The van der Waals surface area contributed by atoms with Crippen LogP contribution in [0.3, 0.4) is 0 Å². The van der Waals surface area contributed by atoms with Crippen molar-refractivity contribution in [1.29, 1.82) is 0 Å². The summed E-state index contributed by atoms with van der Waals surface area (Å²) in [7, 11) is 0. The van der Waals surface area contributed by atoms with E-state index >= 15 is 0 Å². The molecule has 0 bridgehead atoms. The number of carbonyl (C=O) groups is 1. The van der Waals surface area contributed by atoms with Crippen molar-refractivity contribution in [2.75, 3.05) is 19.6 Å². The van der Waals surface area contributed by atoms with Crippen molar-refractivity contribution in [3.8, 4) is 5.82 Å². The van der Waals surface area contributed by atoms with Crippen LogP contribution in [0.1, 0.15) is 34.4 Å². The van der Waals surface area contributed by atoms with E-state index in [2.05, 4.69) is 17.4 Å². The molecule has 1 amide bonds. The van der Waals surface area contributed by atoms with Gasteiger partial charge in [-0.25, -0.2) is 0 Å². The van der Waals surface area contributed by atoms with Gasteiger partial charge < -0.3 is 14.7 Å². The van der Waals surface area contributed by atoms with Crippen LogP contribution in [0.15, 0.2) is 16.7 Å². The highest BCUT2D eigenvalue weighted by molar-refractivity contribution is 5.96. The fourth-order valence-electron chi connectivity index (χ4n) is 3.09. The van der Waals surface area contributed by atoms with E-state index in [0.717, 1.165) is 48.2 Å². The summed E-state index contributed by atoms with van der Waals surface area (Å²) in [6.07, 6.45) is 0. The fraction of sp³-hybridized carbons (Fsp3) is 0.500. The third-order valence-electron chi connectivity index (χ3n) is 4.27. The lowest BCUT2D eigenvalue weighted by Gasteiger charge is -2.34. The van der Waals surface area contributed by atoms with Crippen molar-refractivity contribution in [1.82, 2.24) is 19.9 Å². The van der Waals surface area contributed by atoms with E-state index < -0.39 is 0 Å². The van der Waals surface area contributed by atoms with Gasteiger partial charge >= 0.3 is 0 Å². The van der Waals surface area contributed by atoms with Gasteiger partial charge in [-0.15, -0.1) is 0 Å². The van der Waals surface area contributed by atoms with E-state index in [9.17, 15) is 4.79 Å². The van der Waals surface area contributed by atoms with E-state index in [-0.39, 0.29) is 11.9 Å². The van der Waals surface area contributed by atoms with Crippen molar-refractivity contribution in [3.63, 3.8) is 0 Å². The highest BCUT2D eigenvalue weighted by Gasteiger charge is 2.27. The lowest BCUT2D eigenvalue weighted by molar-refractivity contribution is 0.0655. The Kier molecular flexibility index (Phi) is 3.78. The van der Waals surface area contributed by atoms with E-state index in [1.165, 1.54) is 0 Å². The third kappa shape index (κ3) is 2.43. The molecular weight excluding hydrogens is 280 g/mol. The molecule has 6 heteroatoms. The summed E-state index contributed by atoms with van der Waals surface area (Å²) in [5.74, 6) is 1.57. The summed E-state index contributed by atoms with van der Waals surface area (Å²) in [5.41, 5.74) is 2.63. The monoisotopic (exact) mass is 302 g/mol. The first-order valence-electron chi connectivity index (χ1n) is 7.63. The van der Waals surface area contributed by atoms with Gasteiger partial charge in [0, 0.05) is 43.1 Å². The highest BCUT2D eigenvalue weighted by Crippen LogP contribution is 2.22. The molecule has 1 saturated heterocycles. The Labute approximate surface area is 130 Å². The third-order valence-corrected chi connectivity index (χ3v) is 4.27. The second kappa shape index (κ2) is 5.61. The van der Waals surface area contributed by atoms with Crippen LogP contribution in [0.25, 0.3) is 5.82 Å². The van der Waals surface area contributed by atoms with Crippen LogP contribution in [-0.2, 0) is 0 Å². The van der Waals surface area contributed by atoms with E-state index in [1.807, 2.05) is 42.4 Å². The summed E-state index contributed by atoms with van der Waals surface area (Å²) in [5, 5.41) is 7.37.